The monoisotopic (exact) mass is 211 g/mol. The van der Waals surface area contributed by atoms with E-state index >= 15 is 0 Å². The number of hydrogen-bond acceptors (Lipinski definition) is 4. The topological polar surface area (TPSA) is 55.7 Å². The highest BCUT2D eigenvalue weighted by molar-refractivity contribution is 5.81. The fraction of sp³-hybridized carbons (Fsp3) is 0.636. The van der Waals surface area contributed by atoms with Crippen LogP contribution in [0.25, 0.3) is 0 Å². The number of unbranched alkanes of at least 4 members (excludes halogenated alkanes) is 3. The predicted molar refractivity (Wildman–Crippen MR) is 57.0 cm³/mol. The molecule has 0 aromatic heterocycles. The zero-order chi connectivity index (χ0) is 11.5. The third-order valence-corrected chi connectivity index (χ3v) is 1.92. The van der Waals surface area contributed by atoms with Gasteiger partial charge < -0.3 is 4.74 Å². The number of carbonyl (C=O) groups excluding carboxylic acids is 2. The molecule has 0 aliphatic heterocycles. The lowest BCUT2D eigenvalue weighted by Gasteiger charge is -2.10. The Balaban J connectivity index is 3.88. The first-order valence-corrected chi connectivity index (χ1v) is 5.14. The Morgan fingerprint density at radius 1 is 1.53 bits per heavy atom. The van der Waals surface area contributed by atoms with Crippen molar-refractivity contribution in [3.63, 3.8) is 0 Å². The van der Waals surface area contributed by atoms with E-state index in [0.717, 1.165) is 31.8 Å². The average molecular weight is 211 g/mol. The summed E-state index contributed by atoms with van der Waals surface area (Å²) in [7, 11) is 0. The molecule has 0 aromatic carbocycles. The zero-order valence-corrected chi connectivity index (χ0v) is 9.07. The Morgan fingerprint density at radius 2 is 2.27 bits per heavy atom. The van der Waals surface area contributed by atoms with Crippen LogP contribution in [0.5, 0.6) is 0 Å². The van der Waals surface area contributed by atoms with Gasteiger partial charge in [-0.2, -0.15) is 4.99 Å². The lowest BCUT2D eigenvalue weighted by Crippen LogP contribution is -2.14. The average Bonchev–Trinajstić information content (AvgIpc) is 2.24. The molecule has 1 unspecified atom stereocenters. The number of aliphatic imine (C=N–C) groups is 1. The Bertz CT molecular complexity index is 244. The molecule has 0 spiro atoms. The summed E-state index contributed by atoms with van der Waals surface area (Å²) < 4.78 is 4.83. The van der Waals surface area contributed by atoms with Crippen LogP contribution in [0.15, 0.2) is 17.6 Å². The van der Waals surface area contributed by atoms with Crippen LogP contribution < -0.4 is 0 Å². The molecule has 0 saturated carbocycles. The number of esters is 1. The highest BCUT2D eigenvalue weighted by Gasteiger charge is 2.10. The van der Waals surface area contributed by atoms with Gasteiger partial charge in [0.05, 0.1) is 0 Å². The van der Waals surface area contributed by atoms with Crippen LogP contribution in [0.3, 0.4) is 0 Å². The Morgan fingerprint density at radius 3 is 2.80 bits per heavy atom. The van der Waals surface area contributed by atoms with Crippen LogP contribution in [0.1, 0.15) is 39.0 Å². The van der Waals surface area contributed by atoms with Crippen molar-refractivity contribution < 1.29 is 14.3 Å². The summed E-state index contributed by atoms with van der Waals surface area (Å²) in [5.41, 5.74) is 0. The van der Waals surface area contributed by atoms with Gasteiger partial charge in [0, 0.05) is 12.5 Å². The molecule has 4 nitrogen and oxygen atoms in total. The molecule has 0 radical (unpaired) electrons. The standard InChI is InChI=1S/C11H17NO3/c1-3-5-6-7-8-10(12-9-13)15-11(14)4-2/h4,10H,2-3,5-8H2,1H3. The largest absolute Gasteiger partial charge is 0.436 e. The fourth-order valence-corrected chi connectivity index (χ4v) is 1.14. The number of carbonyl (C=O) groups is 1. The summed E-state index contributed by atoms with van der Waals surface area (Å²) in [5, 5.41) is 0. The van der Waals surface area contributed by atoms with Gasteiger partial charge in [-0.05, 0) is 6.42 Å². The maximum absolute atomic E-state index is 10.9. The van der Waals surface area contributed by atoms with Gasteiger partial charge in [-0.15, -0.1) is 0 Å². The van der Waals surface area contributed by atoms with Gasteiger partial charge in [-0.1, -0.05) is 32.8 Å². The molecule has 84 valence electrons. The van der Waals surface area contributed by atoms with Crippen molar-refractivity contribution in [3.8, 4) is 0 Å². The van der Waals surface area contributed by atoms with E-state index in [-0.39, 0.29) is 0 Å². The number of isocyanates is 1. The summed E-state index contributed by atoms with van der Waals surface area (Å²) in [6.45, 7) is 5.38. The van der Waals surface area contributed by atoms with E-state index in [2.05, 4.69) is 18.5 Å². The van der Waals surface area contributed by atoms with Crippen molar-refractivity contribution in [2.75, 3.05) is 0 Å². The zero-order valence-electron chi connectivity index (χ0n) is 9.07. The minimum absolute atomic E-state index is 0.561. The van der Waals surface area contributed by atoms with Crippen molar-refractivity contribution in [2.45, 2.75) is 45.3 Å². The molecule has 0 N–H and O–H groups in total. The Labute approximate surface area is 90.0 Å². The molecule has 1 atom stereocenters. The molecule has 0 amide bonds. The molecule has 0 aromatic rings. The van der Waals surface area contributed by atoms with E-state index in [1.165, 1.54) is 6.08 Å². The van der Waals surface area contributed by atoms with E-state index in [4.69, 9.17) is 4.74 Å². The van der Waals surface area contributed by atoms with Crippen molar-refractivity contribution in [1.29, 1.82) is 0 Å². The predicted octanol–water partition coefficient (Wildman–Crippen LogP) is 2.35. The van der Waals surface area contributed by atoms with Gasteiger partial charge in [0.15, 0.2) is 0 Å². The first kappa shape index (κ1) is 13.6. The van der Waals surface area contributed by atoms with Crippen molar-refractivity contribution >= 4 is 12.0 Å². The lowest BCUT2D eigenvalue weighted by molar-refractivity contribution is -0.142. The minimum Gasteiger partial charge on any atom is -0.436 e. The second-order valence-corrected chi connectivity index (χ2v) is 3.17. The van der Waals surface area contributed by atoms with Crippen LogP contribution in [0.2, 0.25) is 0 Å². The quantitative estimate of drug-likeness (QED) is 0.203. The molecule has 4 heteroatoms. The molecule has 0 bridgehead atoms. The third kappa shape index (κ3) is 7.65. The van der Waals surface area contributed by atoms with Gasteiger partial charge in [0.1, 0.15) is 0 Å². The normalized spacial score (nSPS) is 11.3. The summed E-state index contributed by atoms with van der Waals surface area (Å²) >= 11 is 0. The number of nitrogens with zero attached hydrogens (tertiary/aromatic N) is 1. The van der Waals surface area contributed by atoms with Crippen LogP contribution in [0.4, 0.5) is 0 Å². The maximum Gasteiger partial charge on any atom is 0.332 e. The van der Waals surface area contributed by atoms with E-state index < -0.39 is 12.2 Å². The van der Waals surface area contributed by atoms with E-state index in [0.29, 0.717) is 6.42 Å². The summed E-state index contributed by atoms with van der Waals surface area (Å²) in [6, 6.07) is 0. The third-order valence-electron chi connectivity index (χ3n) is 1.92. The number of hydrogen-bond donors (Lipinski definition) is 0. The van der Waals surface area contributed by atoms with Crippen molar-refractivity contribution in [3.05, 3.63) is 12.7 Å². The highest BCUT2D eigenvalue weighted by atomic mass is 16.6. The van der Waals surface area contributed by atoms with Crippen LogP contribution in [-0.4, -0.2) is 18.3 Å². The van der Waals surface area contributed by atoms with Crippen LogP contribution >= 0.6 is 0 Å². The molecule has 0 rings (SSSR count). The smallest absolute Gasteiger partial charge is 0.332 e. The summed E-state index contributed by atoms with van der Waals surface area (Å²) in [6.07, 6.45) is 6.51. The first-order valence-electron chi connectivity index (χ1n) is 5.14. The number of rotatable bonds is 8. The second-order valence-electron chi connectivity index (χ2n) is 3.17. The molecule has 0 fully saturated rings. The van der Waals surface area contributed by atoms with Crippen molar-refractivity contribution in [2.24, 2.45) is 4.99 Å². The molecule has 15 heavy (non-hydrogen) atoms. The fourth-order valence-electron chi connectivity index (χ4n) is 1.14. The van der Waals surface area contributed by atoms with Gasteiger partial charge in [-0.25, -0.2) is 9.59 Å². The van der Waals surface area contributed by atoms with Crippen LogP contribution in [-0.2, 0) is 14.3 Å². The van der Waals surface area contributed by atoms with E-state index in [9.17, 15) is 9.59 Å². The minimum atomic E-state index is -0.704. The Kier molecular flexibility index (Phi) is 8.30. The first-order chi connectivity index (χ1) is 7.24. The molecular formula is C11H17NO3. The SMILES string of the molecule is C=CC(=O)OC(CCCCCC)N=C=O. The van der Waals surface area contributed by atoms with E-state index in [1.807, 2.05) is 0 Å². The molecule has 0 saturated heterocycles. The van der Waals surface area contributed by atoms with Gasteiger partial charge in [0.2, 0.25) is 12.3 Å². The highest BCUT2D eigenvalue weighted by Crippen LogP contribution is 2.09. The van der Waals surface area contributed by atoms with Gasteiger partial charge in [-0.3, -0.25) is 0 Å². The molecule has 0 aliphatic carbocycles. The lowest BCUT2D eigenvalue weighted by atomic mass is 10.1. The number of ether oxygens (including phenoxy) is 1. The molecule has 0 heterocycles. The molecule has 0 aliphatic rings. The van der Waals surface area contributed by atoms with Crippen LogP contribution in [0, 0.1) is 0 Å². The molecular weight excluding hydrogens is 194 g/mol. The Hall–Kier alpha value is -1.41. The van der Waals surface area contributed by atoms with Gasteiger partial charge >= 0.3 is 5.97 Å². The summed E-state index contributed by atoms with van der Waals surface area (Å²) in [4.78, 5) is 24.3. The van der Waals surface area contributed by atoms with Gasteiger partial charge in [0.25, 0.3) is 0 Å². The second kappa shape index (κ2) is 9.16. The summed E-state index contributed by atoms with van der Waals surface area (Å²) in [5.74, 6) is -0.561. The van der Waals surface area contributed by atoms with E-state index in [1.54, 1.807) is 0 Å². The maximum atomic E-state index is 10.9. The van der Waals surface area contributed by atoms with Crippen molar-refractivity contribution in [1.82, 2.24) is 0 Å².